The summed E-state index contributed by atoms with van der Waals surface area (Å²) in [4.78, 5) is 13.8. The molecule has 2 aromatic carbocycles. The lowest BCUT2D eigenvalue weighted by Gasteiger charge is -2.16. The molecule has 1 saturated heterocycles. The van der Waals surface area contributed by atoms with E-state index in [2.05, 4.69) is 31.3 Å². The first kappa shape index (κ1) is 20.9. The fourth-order valence-electron chi connectivity index (χ4n) is 3.08. The summed E-state index contributed by atoms with van der Waals surface area (Å²) in [5, 5.41) is 2.60. The first-order valence-corrected chi connectivity index (χ1v) is 11.7. The molecule has 1 amide bonds. The van der Waals surface area contributed by atoms with Gasteiger partial charge in [-0.3, -0.25) is 4.79 Å². The number of rotatable bonds is 6. The molecule has 0 unspecified atom stereocenters. The van der Waals surface area contributed by atoms with Crippen LogP contribution in [0.15, 0.2) is 52.3 Å². The molecule has 0 aliphatic carbocycles. The molecular formula is C21H26N2O3S2. The number of nitrogens with one attached hydrogen (secondary N) is 1. The van der Waals surface area contributed by atoms with Crippen LogP contribution >= 0.6 is 11.8 Å². The average Bonchev–Trinajstić information content (AvgIpc) is 3.21. The van der Waals surface area contributed by atoms with E-state index in [0.29, 0.717) is 18.8 Å². The highest BCUT2D eigenvalue weighted by Gasteiger charge is 2.27. The van der Waals surface area contributed by atoms with Gasteiger partial charge in [0.2, 0.25) is 15.9 Å². The van der Waals surface area contributed by atoms with Crippen LogP contribution in [0.1, 0.15) is 30.9 Å². The van der Waals surface area contributed by atoms with Gasteiger partial charge in [-0.2, -0.15) is 4.31 Å². The number of hydrogen-bond donors (Lipinski definition) is 1. The number of carbonyl (C=O) groups excluding carboxylic acids is 1. The number of anilines is 1. The van der Waals surface area contributed by atoms with Crippen molar-refractivity contribution in [3.8, 4) is 0 Å². The molecule has 3 rings (SSSR count). The second-order valence-corrected chi connectivity index (χ2v) is 10.5. The van der Waals surface area contributed by atoms with Crippen LogP contribution in [0.3, 0.4) is 0 Å². The number of aryl methyl sites for hydroxylation is 2. The molecule has 7 heteroatoms. The second kappa shape index (κ2) is 8.68. The predicted molar refractivity (Wildman–Crippen MR) is 114 cm³/mol. The minimum absolute atomic E-state index is 0.113. The zero-order valence-corrected chi connectivity index (χ0v) is 18.1. The minimum Gasteiger partial charge on any atom is -0.325 e. The topological polar surface area (TPSA) is 66.5 Å². The molecule has 0 bridgehead atoms. The molecule has 1 aliphatic heterocycles. The van der Waals surface area contributed by atoms with E-state index in [1.165, 1.54) is 27.2 Å². The van der Waals surface area contributed by atoms with E-state index >= 15 is 0 Å². The summed E-state index contributed by atoms with van der Waals surface area (Å²) < 4.78 is 26.6. The van der Waals surface area contributed by atoms with E-state index in [-0.39, 0.29) is 16.1 Å². The molecule has 0 saturated carbocycles. The molecule has 2 aromatic rings. The Bertz CT molecular complexity index is 950. The number of hydrogen-bond acceptors (Lipinski definition) is 4. The maximum absolute atomic E-state index is 12.6. The van der Waals surface area contributed by atoms with Crippen molar-refractivity contribution in [2.45, 2.75) is 48.7 Å². The largest absolute Gasteiger partial charge is 0.325 e. The van der Waals surface area contributed by atoms with Gasteiger partial charge in [0, 0.05) is 23.7 Å². The normalized spacial score (nSPS) is 16.1. The Morgan fingerprint density at radius 3 is 2.29 bits per heavy atom. The zero-order chi connectivity index (χ0) is 20.3. The molecule has 1 heterocycles. The highest BCUT2D eigenvalue weighted by molar-refractivity contribution is 8.00. The Balaban J connectivity index is 1.62. The summed E-state index contributed by atoms with van der Waals surface area (Å²) in [6.07, 6.45) is 1.81. The third-order valence-electron chi connectivity index (χ3n) is 4.99. The van der Waals surface area contributed by atoms with Crippen LogP contribution in [-0.2, 0) is 14.8 Å². The van der Waals surface area contributed by atoms with Crippen molar-refractivity contribution in [1.82, 2.24) is 4.31 Å². The van der Waals surface area contributed by atoms with Crippen molar-refractivity contribution in [2.75, 3.05) is 18.4 Å². The summed E-state index contributed by atoms with van der Waals surface area (Å²) in [7, 11) is -3.43. The molecule has 0 spiro atoms. The number of nitrogens with zero attached hydrogens (tertiary/aromatic N) is 1. The third-order valence-corrected chi connectivity index (χ3v) is 7.99. The van der Waals surface area contributed by atoms with E-state index < -0.39 is 10.0 Å². The Morgan fingerprint density at radius 2 is 1.68 bits per heavy atom. The Morgan fingerprint density at radius 1 is 1.04 bits per heavy atom. The molecule has 0 aromatic heterocycles. The van der Waals surface area contributed by atoms with Crippen LogP contribution in [0.4, 0.5) is 5.69 Å². The van der Waals surface area contributed by atoms with Gasteiger partial charge >= 0.3 is 0 Å². The fraction of sp³-hybridized carbons (Fsp3) is 0.381. The van der Waals surface area contributed by atoms with Gasteiger partial charge in [-0.05, 0) is 81.1 Å². The smallest absolute Gasteiger partial charge is 0.243 e. The fourth-order valence-corrected chi connectivity index (χ4v) is 5.56. The summed E-state index contributed by atoms with van der Waals surface area (Å²) in [6, 6.07) is 12.6. The van der Waals surface area contributed by atoms with E-state index in [4.69, 9.17) is 0 Å². The van der Waals surface area contributed by atoms with Crippen LogP contribution < -0.4 is 5.32 Å². The van der Waals surface area contributed by atoms with Gasteiger partial charge in [-0.1, -0.05) is 6.07 Å². The highest BCUT2D eigenvalue weighted by Crippen LogP contribution is 2.27. The standard InChI is InChI=1S/C21H26N2O3S2/c1-15-6-9-19(14-16(15)2)27-17(3)21(24)22-18-7-10-20(11-8-18)28(25,26)23-12-4-5-13-23/h6-11,14,17H,4-5,12-13H2,1-3H3,(H,22,24)/t17-/m0/s1. The van der Waals surface area contributed by atoms with Crippen molar-refractivity contribution < 1.29 is 13.2 Å². The Hall–Kier alpha value is -1.83. The maximum atomic E-state index is 12.6. The van der Waals surface area contributed by atoms with Gasteiger partial charge in [-0.15, -0.1) is 11.8 Å². The van der Waals surface area contributed by atoms with Gasteiger partial charge in [-0.25, -0.2) is 8.42 Å². The highest BCUT2D eigenvalue weighted by atomic mass is 32.2. The Labute approximate surface area is 171 Å². The number of sulfonamides is 1. The van der Waals surface area contributed by atoms with Crippen LogP contribution in [0, 0.1) is 13.8 Å². The molecule has 1 aliphatic rings. The van der Waals surface area contributed by atoms with Crippen LogP contribution in [0.2, 0.25) is 0 Å². The van der Waals surface area contributed by atoms with Gasteiger partial charge in [0.15, 0.2) is 0 Å². The van der Waals surface area contributed by atoms with E-state index in [9.17, 15) is 13.2 Å². The number of carbonyl (C=O) groups is 1. The van der Waals surface area contributed by atoms with Gasteiger partial charge in [0.1, 0.15) is 0 Å². The molecule has 28 heavy (non-hydrogen) atoms. The summed E-state index contributed by atoms with van der Waals surface area (Å²) >= 11 is 1.50. The monoisotopic (exact) mass is 418 g/mol. The Kier molecular flexibility index (Phi) is 6.47. The molecule has 1 atom stereocenters. The quantitative estimate of drug-likeness (QED) is 0.714. The lowest BCUT2D eigenvalue weighted by molar-refractivity contribution is -0.115. The van der Waals surface area contributed by atoms with Crippen LogP contribution in [0.5, 0.6) is 0 Å². The first-order chi connectivity index (χ1) is 13.3. The van der Waals surface area contributed by atoms with E-state index in [1.807, 2.05) is 13.0 Å². The molecule has 1 N–H and O–H groups in total. The van der Waals surface area contributed by atoms with Crippen molar-refractivity contribution in [3.05, 3.63) is 53.6 Å². The molecule has 150 valence electrons. The zero-order valence-electron chi connectivity index (χ0n) is 16.4. The van der Waals surface area contributed by atoms with Crippen molar-refractivity contribution >= 4 is 33.4 Å². The van der Waals surface area contributed by atoms with Crippen LogP contribution in [-0.4, -0.2) is 37.0 Å². The maximum Gasteiger partial charge on any atom is 0.243 e. The molecule has 0 radical (unpaired) electrons. The third kappa shape index (κ3) is 4.77. The number of benzene rings is 2. The SMILES string of the molecule is Cc1ccc(S[C@@H](C)C(=O)Nc2ccc(S(=O)(=O)N3CCCC3)cc2)cc1C. The molecule has 5 nitrogen and oxygen atoms in total. The summed E-state index contributed by atoms with van der Waals surface area (Å²) in [6.45, 7) is 7.14. The minimum atomic E-state index is -3.43. The van der Waals surface area contributed by atoms with Crippen LogP contribution in [0.25, 0.3) is 0 Å². The summed E-state index contributed by atoms with van der Waals surface area (Å²) in [5.41, 5.74) is 3.02. The van der Waals surface area contributed by atoms with Crippen molar-refractivity contribution in [3.63, 3.8) is 0 Å². The van der Waals surface area contributed by atoms with Gasteiger partial charge in [0.05, 0.1) is 10.1 Å². The molecule has 1 fully saturated rings. The van der Waals surface area contributed by atoms with E-state index in [0.717, 1.165) is 17.7 Å². The number of thioether (sulfide) groups is 1. The average molecular weight is 419 g/mol. The predicted octanol–water partition coefficient (Wildman–Crippen LogP) is 4.21. The van der Waals surface area contributed by atoms with Crippen molar-refractivity contribution in [2.24, 2.45) is 0 Å². The van der Waals surface area contributed by atoms with Gasteiger partial charge in [0.25, 0.3) is 0 Å². The van der Waals surface area contributed by atoms with Gasteiger partial charge < -0.3 is 5.32 Å². The lowest BCUT2D eigenvalue weighted by atomic mass is 10.1. The van der Waals surface area contributed by atoms with E-state index in [1.54, 1.807) is 24.3 Å². The summed E-state index contributed by atoms with van der Waals surface area (Å²) in [5.74, 6) is -0.113. The lowest BCUT2D eigenvalue weighted by Crippen LogP contribution is -2.27. The number of amides is 1. The molecular weight excluding hydrogens is 392 g/mol. The second-order valence-electron chi connectivity index (χ2n) is 7.13. The van der Waals surface area contributed by atoms with Crippen molar-refractivity contribution in [1.29, 1.82) is 0 Å². The first-order valence-electron chi connectivity index (χ1n) is 9.42.